The van der Waals surface area contributed by atoms with E-state index < -0.39 is 23.5 Å². The quantitative estimate of drug-likeness (QED) is 0.396. The topological polar surface area (TPSA) is 131 Å². The maximum Gasteiger partial charge on any atom is 0.326 e. The first-order chi connectivity index (χ1) is 18.1. The number of carboxylic acid groups (broad SMARTS) is 1. The maximum atomic E-state index is 12.8. The molecule has 2 aliphatic heterocycles. The molecule has 0 bridgehead atoms. The minimum absolute atomic E-state index is 0.00354. The number of carbonyl (C=O) groups excluding carboxylic acids is 3. The number of para-hydroxylation sites is 1. The highest BCUT2D eigenvalue weighted by Crippen LogP contribution is 2.36. The lowest BCUT2D eigenvalue weighted by Gasteiger charge is -2.43. The number of amides is 4. The molecule has 38 heavy (non-hydrogen) atoms. The molecule has 2 aliphatic rings. The zero-order chi connectivity index (χ0) is 27.4. The molecule has 0 unspecified atom stereocenters. The van der Waals surface area contributed by atoms with E-state index in [-0.39, 0.29) is 45.5 Å². The number of hydrogen-bond donors (Lipinski definition) is 4. The average molecular weight is 583 g/mol. The van der Waals surface area contributed by atoms with Crippen molar-refractivity contribution < 1.29 is 24.3 Å². The fourth-order valence-corrected chi connectivity index (χ4v) is 5.78. The lowest BCUT2D eigenvalue weighted by molar-refractivity contribution is -0.139. The van der Waals surface area contributed by atoms with E-state index in [0.29, 0.717) is 32.6 Å². The van der Waals surface area contributed by atoms with Crippen LogP contribution in [-0.2, 0) is 9.59 Å². The summed E-state index contributed by atoms with van der Waals surface area (Å²) in [6.07, 6.45) is 0.840. The van der Waals surface area contributed by atoms with E-state index in [1.54, 1.807) is 4.90 Å². The second-order valence-electron chi connectivity index (χ2n) is 9.08. The van der Waals surface area contributed by atoms with Crippen molar-refractivity contribution >= 4 is 64.3 Å². The molecule has 2 aromatic rings. The van der Waals surface area contributed by atoms with E-state index in [4.69, 9.17) is 34.8 Å². The van der Waals surface area contributed by atoms with E-state index >= 15 is 0 Å². The number of aliphatic carboxylic acids is 1. The van der Waals surface area contributed by atoms with Crippen molar-refractivity contribution in [2.75, 3.05) is 31.2 Å². The number of rotatable bonds is 7. The lowest BCUT2D eigenvalue weighted by atomic mass is 9.85. The van der Waals surface area contributed by atoms with Gasteiger partial charge in [-0.2, -0.15) is 0 Å². The van der Waals surface area contributed by atoms with Crippen molar-refractivity contribution in [1.29, 1.82) is 0 Å². The van der Waals surface area contributed by atoms with Crippen molar-refractivity contribution in [2.45, 2.75) is 30.8 Å². The first-order valence-corrected chi connectivity index (χ1v) is 13.1. The van der Waals surface area contributed by atoms with Gasteiger partial charge in [-0.3, -0.25) is 9.59 Å². The Morgan fingerprint density at radius 2 is 1.68 bits per heavy atom. The van der Waals surface area contributed by atoms with E-state index in [0.717, 1.165) is 5.69 Å². The minimum Gasteiger partial charge on any atom is -0.480 e. The van der Waals surface area contributed by atoms with Crippen molar-refractivity contribution in [3.8, 4) is 0 Å². The van der Waals surface area contributed by atoms with Crippen LogP contribution < -0.4 is 20.9 Å². The summed E-state index contributed by atoms with van der Waals surface area (Å²) in [6, 6.07) is 10.6. The summed E-state index contributed by atoms with van der Waals surface area (Å²) in [4.78, 5) is 53.5. The van der Waals surface area contributed by atoms with E-state index in [9.17, 15) is 24.3 Å². The van der Waals surface area contributed by atoms with Crippen LogP contribution in [0.2, 0.25) is 15.1 Å². The zero-order valence-electron chi connectivity index (χ0n) is 20.2. The summed E-state index contributed by atoms with van der Waals surface area (Å²) in [5, 5.41) is 17.8. The molecule has 0 radical (unpaired) electrons. The molecule has 2 heterocycles. The van der Waals surface area contributed by atoms with Gasteiger partial charge < -0.3 is 30.9 Å². The van der Waals surface area contributed by atoms with Crippen LogP contribution in [0.4, 0.5) is 10.5 Å². The third-order valence-corrected chi connectivity index (χ3v) is 7.64. The number of benzene rings is 2. The molecule has 4 rings (SSSR count). The van der Waals surface area contributed by atoms with Crippen molar-refractivity contribution in [3.05, 3.63) is 63.1 Å². The number of likely N-dealkylation sites (tertiary alicyclic amines) is 1. The summed E-state index contributed by atoms with van der Waals surface area (Å²) in [7, 11) is 0. The lowest BCUT2D eigenvalue weighted by Crippen LogP contribution is -2.58. The smallest absolute Gasteiger partial charge is 0.326 e. The van der Waals surface area contributed by atoms with E-state index in [1.165, 1.54) is 12.1 Å². The minimum atomic E-state index is -1.29. The second kappa shape index (κ2) is 11.7. The highest BCUT2D eigenvalue weighted by molar-refractivity contribution is 6.42. The molecule has 4 N–H and O–H groups in total. The highest BCUT2D eigenvalue weighted by Gasteiger charge is 2.50. The number of anilines is 1. The van der Waals surface area contributed by atoms with Crippen LogP contribution in [-0.4, -0.2) is 71.7 Å². The molecule has 4 amide bonds. The van der Waals surface area contributed by atoms with Gasteiger partial charge in [0.15, 0.2) is 0 Å². The summed E-state index contributed by atoms with van der Waals surface area (Å²) < 4.78 is 0. The van der Waals surface area contributed by atoms with Gasteiger partial charge in [-0.05, 0) is 43.5 Å². The fourth-order valence-electron chi connectivity index (χ4n) is 4.79. The normalized spacial score (nSPS) is 17.2. The highest BCUT2D eigenvalue weighted by atomic mass is 35.5. The van der Waals surface area contributed by atoms with Crippen LogP contribution >= 0.6 is 34.8 Å². The molecule has 1 spiro atoms. The van der Waals surface area contributed by atoms with Crippen molar-refractivity contribution in [3.63, 3.8) is 0 Å². The van der Waals surface area contributed by atoms with Crippen LogP contribution in [0.1, 0.15) is 29.6 Å². The number of nitrogens with zero attached hydrogens (tertiary/aromatic N) is 2. The number of carbonyl (C=O) groups is 4. The van der Waals surface area contributed by atoms with Gasteiger partial charge in [0.1, 0.15) is 11.6 Å². The number of carboxylic acids is 1. The number of urea groups is 1. The van der Waals surface area contributed by atoms with E-state index in [1.807, 2.05) is 35.2 Å². The fraction of sp³-hybridized carbons (Fsp3) is 0.360. The van der Waals surface area contributed by atoms with Gasteiger partial charge in [-0.1, -0.05) is 53.0 Å². The number of nitrogens with one attached hydrogen (secondary N) is 3. The molecule has 2 aromatic carbocycles. The third kappa shape index (κ3) is 5.77. The Morgan fingerprint density at radius 1 is 1.05 bits per heavy atom. The van der Waals surface area contributed by atoms with Crippen LogP contribution in [0.5, 0.6) is 0 Å². The number of halogens is 3. The number of hydrogen-bond acceptors (Lipinski definition) is 5. The monoisotopic (exact) mass is 581 g/mol. The molecule has 10 nitrogen and oxygen atoms in total. The van der Waals surface area contributed by atoms with Crippen molar-refractivity contribution in [2.24, 2.45) is 0 Å². The maximum absolute atomic E-state index is 12.8. The molecule has 202 valence electrons. The SMILES string of the molecule is O=C(N[C@@H](CCNC(=O)N1CCC2(CC1)C(=O)NCN2c1ccccc1)C(=O)O)c1c(Cl)cc(Cl)cc1Cl. The Kier molecular flexibility index (Phi) is 8.54. The molecule has 0 saturated carbocycles. The molecular formula is C25H26Cl3N5O5. The van der Waals surface area contributed by atoms with Gasteiger partial charge in [-0.15, -0.1) is 0 Å². The predicted octanol–water partition coefficient (Wildman–Crippen LogP) is 3.36. The zero-order valence-corrected chi connectivity index (χ0v) is 22.4. The first-order valence-electron chi connectivity index (χ1n) is 11.9. The Balaban J connectivity index is 1.30. The van der Waals surface area contributed by atoms with Crippen LogP contribution in [0.3, 0.4) is 0 Å². The second-order valence-corrected chi connectivity index (χ2v) is 10.3. The summed E-state index contributed by atoms with van der Waals surface area (Å²) in [6.45, 7) is 1.12. The molecule has 2 saturated heterocycles. The molecule has 0 aromatic heterocycles. The van der Waals surface area contributed by atoms with Gasteiger partial charge in [0.2, 0.25) is 5.91 Å². The van der Waals surface area contributed by atoms with Crippen LogP contribution in [0.25, 0.3) is 0 Å². The van der Waals surface area contributed by atoms with Crippen LogP contribution in [0.15, 0.2) is 42.5 Å². The summed E-state index contributed by atoms with van der Waals surface area (Å²) in [5.41, 5.74) is 0.128. The third-order valence-electron chi connectivity index (χ3n) is 6.83. The predicted molar refractivity (Wildman–Crippen MR) is 144 cm³/mol. The summed E-state index contributed by atoms with van der Waals surface area (Å²) >= 11 is 18.0. The Morgan fingerprint density at radius 3 is 2.29 bits per heavy atom. The van der Waals surface area contributed by atoms with Gasteiger partial charge >= 0.3 is 12.0 Å². The molecular weight excluding hydrogens is 557 g/mol. The average Bonchev–Trinajstić information content (AvgIpc) is 3.18. The Bertz CT molecular complexity index is 1210. The summed E-state index contributed by atoms with van der Waals surface area (Å²) in [5.74, 6) is -2.10. The molecule has 2 fully saturated rings. The Hall–Kier alpha value is -3.21. The first kappa shape index (κ1) is 27.8. The van der Waals surface area contributed by atoms with E-state index in [2.05, 4.69) is 16.0 Å². The van der Waals surface area contributed by atoms with Gasteiger partial charge in [0.05, 0.1) is 22.3 Å². The van der Waals surface area contributed by atoms with Gasteiger partial charge in [-0.25, -0.2) is 9.59 Å². The van der Waals surface area contributed by atoms with Gasteiger partial charge in [0.25, 0.3) is 5.91 Å². The van der Waals surface area contributed by atoms with Gasteiger partial charge in [0, 0.05) is 30.3 Å². The largest absolute Gasteiger partial charge is 0.480 e. The Labute approximate surface area is 234 Å². The standard InChI is InChI=1S/C25H26Cl3N5O5/c26-15-12-17(27)20(18(28)13-15)21(34)31-19(22(35)36)6-9-29-24(38)32-10-7-25(8-11-32)23(37)30-14-33(25)16-4-2-1-3-5-16/h1-5,12-13,19H,6-11,14H2,(H,29,38)(H,30,37)(H,31,34)(H,35,36)/t19-/m0/s1. The molecule has 13 heteroatoms. The number of piperidine rings is 1. The molecule has 1 atom stereocenters. The van der Waals surface area contributed by atoms with Crippen LogP contribution in [0, 0.1) is 0 Å². The van der Waals surface area contributed by atoms with Crippen molar-refractivity contribution in [1.82, 2.24) is 20.9 Å². The molecule has 0 aliphatic carbocycles.